The van der Waals surface area contributed by atoms with Crippen LogP contribution < -0.4 is 10.1 Å². The number of carbonyl (C=O) groups excluding carboxylic acids is 2. The van der Waals surface area contributed by atoms with Crippen LogP contribution in [0.15, 0.2) is 24.3 Å². The van der Waals surface area contributed by atoms with Crippen molar-refractivity contribution >= 4 is 11.7 Å². The SMILES string of the molecule is CNC(=O)[C@@H](C#N)C(=O)c1ccc(OC2CCCCC2)cc1. The molecule has 1 fully saturated rings. The van der Waals surface area contributed by atoms with E-state index in [0.29, 0.717) is 5.56 Å². The van der Waals surface area contributed by atoms with Crippen LogP contribution in [-0.4, -0.2) is 24.8 Å². The second-order valence-corrected chi connectivity index (χ2v) is 5.44. The molecule has 0 aliphatic heterocycles. The minimum absolute atomic E-state index is 0.244. The van der Waals surface area contributed by atoms with E-state index in [4.69, 9.17) is 10.00 Å². The average Bonchev–Trinajstić information content (AvgIpc) is 2.56. The largest absolute Gasteiger partial charge is 0.490 e. The molecule has 1 atom stereocenters. The van der Waals surface area contributed by atoms with Gasteiger partial charge < -0.3 is 10.1 Å². The lowest BCUT2D eigenvalue weighted by molar-refractivity contribution is -0.121. The van der Waals surface area contributed by atoms with E-state index in [-0.39, 0.29) is 6.10 Å². The van der Waals surface area contributed by atoms with E-state index < -0.39 is 17.6 Å². The quantitative estimate of drug-likeness (QED) is 0.669. The highest BCUT2D eigenvalue weighted by Crippen LogP contribution is 2.24. The second kappa shape index (κ2) is 7.60. The third-order valence-electron chi connectivity index (χ3n) is 3.89. The first-order chi connectivity index (χ1) is 10.7. The maximum Gasteiger partial charge on any atom is 0.245 e. The van der Waals surface area contributed by atoms with Gasteiger partial charge in [-0.3, -0.25) is 9.59 Å². The van der Waals surface area contributed by atoms with Gasteiger partial charge in [-0.05, 0) is 49.9 Å². The predicted molar refractivity (Wildman–Crippen MR) is 81.4 cm³/mol. The molecule has 1 aromatic rings. The molecule has 1 saturated carbocycles. The molecule has 0 aromatic heterocycles. The Hall–Kier alpha value is -2.35. The number of nitrogens with one attached hydrogen (secondary N) is 1. The van der Waals surface area contributed by atoms with Gasteiger partial charge >= 0.3 is 0 Å². The molecular weight excluding hydrogens is 280 g/mol. The second-order valence-electron chi connectivity index (χ2n) is 5.44. The zero-order chi connectivity index (χ0) is 15.9. The summed E-state index contributed by atoms with van der Waals surface area (Å²) in [5.74, 6) is -1.67. The van der Waals surface area contributed by atoms with Gasteiger partial charge in [0.1, 0.15) is 5.75 Å². The first-order valence-electron chi connectivity index (χ1n) is 7.58. The maximum absolute atomic E-state index is 12.2. The normalized spacial score (nSPS) is 16.4. The summed E-state index contributed by atoms with van der Waals surface area (Å²) in [6, 6.07) is 8.39. The fraction of sp³-hybridized carbons (Fsp3) is 0.471. The van der Waals surface area contributed by atoms with Gasteiger partial charge in [0.05, 0.1) is 12.2 Å². The molecule has 116 valence electrons. The van der Waals surface area contributed by atoms with E-state index >= 15 is 0 Å². The van der Waals surface area contributed by atoms with Crippen molar-refractivity contribution in [1.29, 1.82) is 5.26 Å². The van der Waals surface area contributed by atoms with E-state index in [1.165, 1.54) is 26.3 Å². The number of nitrogens with zero attached hydrogens (tertiary/aromatic N) is 1. The number of Topliss-reactive ketones (excluding diaryl/α,β-unsaturated/α-hetero) is 1. The number of hydrogen-bond donors (Lipinski definition) is 1. The molecule has 5 heteroatoms. The van der Waals surface area contributed by atoms with Crippen molar-refractivity contribution in [3.05, 3.63) is 29.8 Å². The number of nitriles is 1. The van der Waals surface area contributed by atoms with Crippen LogP contribution in [0.2, 0.25) is 0 Å². The van der Waals surface area contributed by atoms with Crippen molar-refractivity contribution < 1.29 is 14.3 Å². The first-order valence-corrected chi connectivity index (χ1v) is 7.58. The molecule has 1 amide bonds. The molecule has 1 aliphatic rings. The standard InChI is InChI=1S/C17H20N2O3/c1-19-17(21)15(11-18)16(20)12-7-9-14(10-8-12)22-13-5-3-2-4-6-13/h7-10,13,15H,2-6H2,1H3,(H,19,21)/t15-/m0/s1. The maximum atomic E-state index is 12.2. The summed E-state index contributed by atoms with van der Waals surface area (Å²) < 4.78 is 5.89. The summed E-state index contributed by atoms with van der Waals surface area (Å²) in [5, 5.41) is 11.3. The zero-order valence-electron chi connectivity index (χ0n) is 12.7. The minimum atomic E-state index is -1.31. The molecule has 5 nitrogen and oxygen atoms in total. The van der Waals surface area contributed by atoms with Crippen LogP contribution in [0.4, 0.5) is 0 Å². The monoisotopic (exact) mass is 300 g/mol. The van der Waals surface area contributed by atoms with Crippen LogP contribution in [-0.2, 0) is 4.79 Å². The molecule has 0 spiro atoms. The lowest BCUT2D eigenvalue weighted by atomic mass is 9.97. The molecule has 2 rings (SSSR count). The topological polar surface area (TPSA) is 79.2 Å². The highest BCUT2D eigenvalue weighted by molar-refractivity contribution is 6.12. The van der Waals surface area contributed by atoms with Gasteiger partial charge in [-0.25, -0.2) is 0 Å². The van der Waals surface area contributed by atoms with Gasteiger partial charge in [-0.2, -0.15) is 5.26 Å². The van der Waals surface area contributed by atoms with E-state index in [9.17, 15) is 9.59 Å². The number of carbonyl (C=O) groups is 2. The van der Waals surface area contributed by atoms with Crippen molar-refractivity contribution in [2.24, 2.45) is 5.92 Å². The molecule has 22 heavy (non-hydrogen) atoms. The van der Waals surface area contributed by atoms with Crippen LogP contribution in [0.1, 0.15) is 42.5 Å². The van der Waals surface area contributed by atoms with E-state index in [1.54, 1.807) is 30.3 Å². The van der Waals surface area contributed by atoms with Crippen LogP contribution in [0.25, 0.3) is 0 Å². The number of ketones is 1. The molecule has 0 radical (unpaired) electrons. The summed E-state index contributed by atoms with van der Waals surface area (Å²) in [5.41, 5.74) is 0.339. The van der Waals surface area contributed by atoms with Gasteiger partial charge in [0.15, 0.2) is 11.7 Å². The predicted octanol–water partition coefficient (Wildman–Crippen LogP) is 2.47. The first kappa shape index (κ1) is 16.0. The summed E-state index contributed by atoms with van der Waals surface area (Å²) in [6.45, 7) is 0. The highest BCUT2D eigenvalue weighted by atomic mass is 16.5. The highest BCUT2D eigenvalue weighted by Gasteiger charge is 2.26. The van der Waals surface area contributed by atoms with Crippen molar-refractivity contribution in [3.63, 3.8) is 0 Å². The number of amides is 1. The smallest absolute Gasteiger partial charge is 0.245 e. The fourth-order valence-corrected chi connectivity index (χ4v) is 2.62. The van der Waals surface area contributed by atoms with Gasteiger partial charge in [0.2, 0.25) is 5.91 Å². The number of rotatable bonds is 5. The molecule has 0 saturated heterocycles. The third kappa shape index (κ3) is 3.85. The molecule has 0 heterocycles. The van der Waals surface area contributed by atoms with Crippen molar-refractivity contribution in [3.8, 4) is 11.8 Å². The Labute approximate surface area is 130 Å². The van der Waals surface area contributed by atoms with Crippen molar-refractivity contribution in [1.82, 2.24) is 5.32 Å². The van der Waals surface area contributed by atoms with Gasteiger partial charge in [0, 0.05) is 12.6 Å². The van der Waals surface area contributed by atoms with E-state index in [1.807, 2.05) is 0 Å². The Bertz CT molecular complexity index is 569. The summed E-state index contributed by atoms with van der Waals surface area (Å²) in [4.78, 5) is 23.7. The fourth-order valence-electron chi connectivity index (χ4n) is 2.62. The summed E-state index contributed by atoms with van der Waals surface area (Å²) in [7, 11) is 1.40. The summed E-state index contributed by atoms with van der Waals surface area (Å²) in [6.07, 6.45) is 6.02. The van der Waals surface area contributed by atoms with E-state index in [0.717, 1.165) is 18.6 Å². The van der Waals surface area contributed by atoms with Gasteiger partial charge in [0.25, 0.3) is 0 Å². The zero-order valence-corrected chi connectivity index (χ0v) is 12.7. The summed E-state index contributed by atoms with van der Waals surface area (Å²) >= 11 is 0. The number of ether oxygens (including phenoxy) is 1. The Balaban J connectivity index is 2.03. The lowest BCUT2D eigenvalue weighted by Gasteiger charge is -2.23. The molecular formula is C17H20N2O3. The molecule has 1 aromatic carbocycles. The molecule has 1 aliphatic carbocycles. The number of hydrogen-bond acceptors (Lipinski definition) is 4. The van der Waals surface area contributed by atoms with Crippen LogP contribution in [0, 0.1) is 17.2 Å². The number of benzene rings is 1. The Morgan fingerprint density at radius 2 is 1.86 bits per heavy atom. The van der Waals surface area contributed by atoms with Gasteiger partial charge in [-0.1, -0.05) is 6.42 Å². The third-order valence-corrected chi connectivity index (χ3v) is 3.89. The van der Waals surface area contributed by atoms with Crippen molar-refractivity contribution in [2.75, 3.05) is 7.05 Å². The Morgan fingerprint density at radius 1 is 1.23 bits per heavy atom. The average molecular weight is 300 g/mol. The molecule has 0 unspecified atom stereocenters. The Morgan fingerprint density at radius 3 is 2.41 bits per heavy atom. The van der Waals surface area contributed by atoms with Crippen molar-refractivity contribution in [2.45, 2.75) is 38.2 Å². The Kier molecular flexibility index (Phi) is 5.54. The van der Waals surface area contributed by atoms with Gasteiger partial charge in [-0.15, -0.1) is 0 Å². The minimum Gasteiger partial charge on any atom is -0.490 e. The van der Waals surface area contributed by atoms with Crippen LogP contribution >= 0.6 is 0 Å². The molecule has 1 N–H and O–H groups in total. The molecule has 0 bridgehead atoms. The van der Waals surface area contributed by atoms with Crippen LogP contribution in [0.5, 0.6) is 5.75 Å². The van der Waals surface area contributed by atoms with E-state index in [2.05, 4.69) is 5.32 Å². The lowest BCUT2D eigenvalue weighted by Crippen LogP contribution is -2.32. The van der Waals surface area contributed by atoms with Crippen LogP contribution in [0.3, 0.4) is 0 Å².